The third-order valence-corrected chi connectivity index (χ3v) is 2.29. The van der Waals surface area contributed by atoms with Gasteiger partial charge in [0, 0.05) is 12.7 Å². The normalized spacial score (nSPS) is 27.4. The molecule has 0 aromatic rings. The Morgan fingerprint density at radius 3 is 2.71 bits per heavy atom. The number of ether oxygens (including phenoxy) is 2. The zero-order chi connectivity index (χ0) is 10.4. The van der Waals surface area contributed by atoms with Crippen molar-refractivity contribution in [1.29, 1.82) is 0 Å². The number of nitrogens with one attached hydrogen (secondary N) is 1. The number of rotatable bonds is 3. The molecule has 14 heavy (non-hydrogen) atoms. The third kappa shape index (κ3) is 2.73. The van der Waals surface area contributed by atoms with Crippen LogP contribution < -0.4 is 5.32 Å². The topological polar surface area (TPSA) is 47.6 Å². The molecule has 80 valence electrons. The summed E-state index contributed by atoms with van der Waals surface area (Å²) in [6, 6.07) is 0. The van der Waals surface area contributed by atoms with Crippen LogP contribution in [0.15, 0.2) is 11.8 Å². The highest BCUT2D eigenvalue weighted by Crippen LogP contribution is 2.31. The fourth-order valence-corrected chi connectivity index (χ4v) is 1.63. The molecular weight excluding hydrogens is 182 g/mol. The van der Waals surface area contributed by atoms with Gasteiger partial charge < -0.3 is 14.8 Å². The number of fused-ring (bicyclic) bond motifs is 2. The van der Waals surface area contributed by atoms with Gasteiger partial charge in [0.2, 0.25) is 0 Å². The minimum atomic E-state index is 0.403. The number of hydrogen-bond donors (Lipinski definition) is 1. The Hall–Kier alpha value is -1.03. The minimum absolute atomic E-state index is 0.403. The van der Waals surface area contributed by atoms with Crippen LogP contribution in [0.1, 0.15) is 19.8 Å². The smallest absolute Gasteiger partial charge is 0.293 e. The predicted molar refractivity (Wildman–Crippen MR) is 52.7 cm³/mol. The van der Waals surface area contributed by atoms with E-state index in [-0.39, 0.29) is 0 Å². The second-order valence-corrected chi connectivity index (χ2v) is 3.16. The number of likely N-dealkylation sites (N-methyl/N-ethyl adjacent to an activating group) is 1. The Labute approximate surface area is 84.3 Å². The lowest BCUT2D eigenvalue weighted by Gasteiger charge is -2.08. The lowest BCUT2D eigenvalue weighted by atomic mass is 10.1. The highest BCUT2D eigenvalue weighted by molar-refractivity contribution is 5.36. The Balaban J connectivity index is 0.000000171. The van der Waals surface area contributed by atoms with Crippen molar-refractivity contribution >= 4 is 6.47 Å². The molecule has 0 amide bonds. The molecule has 4 nitrogen and oxygen atoms in total. The highest BCUT2D eigenvalue weighted by atomic mass is 16.5. The van der Waals surface area contributed by atoms with Gasteiger partial charge in [0.05, 0.1) is 18.8 Å². The van der Waals surface area contributed by atoms with E-state index in [0.717, 1.165) is 0 Å². The molecule has 4 heteroatoms. The molecule has 0 aliphatic carbocycles. The van der Waals surface area contributed by atoms with Gasteiger partial charge in [-0.2, -0.15) is 0 Å². The first kappa shape index (κ1) is 11.0. The van der Waals surface area contributed by atoms with Crippen LogP contribution in [0.25, 0.3) is 0 Å². The van der Waals surface area contributed by atoms with Crippen LogP contribution in [0.5, 0.6) is 0 Å². The Bertz CT molecular complexity index is 215. The lowest BCUT2D eigenvalue weighted by Crippen LogP contribution is -2.17. The summed E-state index contributed by atoms with van der Waals surface area (Å²) >= 11 is 0. The van der Waals surface area contributed by atoms with Crippen molar-refractivity contribution in [3.8, 4) is 0 Å². The molecule has 0 saturated carbocycles. The molecule has 2 unspecified atom stereocenters. The van der Waals surface area contributed by atoms with E-state index in [1.165, 1.54) is 18.5 Å². The maximum absolute atomic E-state index is 9.18. The third-order valence-electron chi connectivity index (χ3n) is 2.29. The number of carbonyl (C=O) groups excluding carboxylic acids is 1. The summed E-state index contributed by atoms with van der Waals surface area (Å²) in [6.07, 6.45) is 5.44. The van der Waals surface area contributed by atoms with Crippen LogP contribution in [0, 0.1) is 0 Å². The number of hydrogen-bond acceptors (Lipinski definition) is 4. The molecule has 2 heterocycles. The first-order chi connectivity index (χ1) is 6.81. The molecule has 1 N–H and O–H groups in total. The lowest BCUT2D eigenvalue weighted by molar-refractivity contribution is -0.128. The van der Waals surface area contributed by atoms with Gasteiger partial charge in [-0.15, -0.1) is 0 Å². The van der Waals surface area contributed by atoms with Crippen molar-refractivity contribution in [2.45, 2.75) is 32.0 Å². The highest BCUT2D eigenvalue weighted by Gasteiger charge is 2.32. The van der Waals surface area contributed by atoms with Gasteiger partial charge in [0.25, 0.3) is 6.47 Å². The fourth-order valence-electron chi connectivity index (χ4n) is 1.63. The van der Waals surface area contributed by atoms with Crippen molar-refractivity contribution in [3.05, 3.63) is 11.8 Å². The summed E-state index contributed by atoms with van der Waals surface area (Å²) in [5.74, 6) is 0. The number of carbonyl (C=O) groups is 1. The molecule has 2 bridgehead atoms. The van der Waals surface area contributed by atoms with Crippen molar-refractivity contribution in [2.24, 2.45) is 0 Å². The van der Waals surface area contributed by atoms with Crippen molar-refractivity contribution in [2.75, 3.05) is 13.7 Å². The first-order valence-corrected chi connectivity index (χ1v) is 4.92. The maximum Gasteiger partial charge on any atom is 0.293 e. The van der Waals surface area contributed by atoms with Gasteiger partial charge in [0.15, 0.2) is 0 Å². The van der Waals surface area contributed by atoms with Crippen molar-refractivity contribution in [1.82, 2.24) is 5.32 Å². The molecule has 1 fully saturated rings. The maximum atomic E-state index is 9.18. The van der Waals surface area contributed by atoms with E-state index in [9.17, 15) is 4.79 Å². The molecule has 0 aromatic carbocycles. The van der Waals surface area contributed by atoms with E-state index in [0.29, 0.717) is 25.3 Å². The van der Waals surface area contributed by atoms with E-state index in [4.69, 9.17) is 4.74 Å². The molecule has 0 aromatic heterocycles. The predicted octanol–water partition coefficient (Wildman–Crippen LogP) is 0.830. The van der Waals surface area contributed by atoms with Crippen LogP contribution in [0.4, 0.5) is 0 Å². The van der Waals surface area contributed by atoms with Crippen LogP contribution in [-0.4, -0.2) is 32.3 Å². The van der Waals surface area contributed by atoms with Gasteiger partial charge in [-0.3, -0.25) is 4.79 Å². The van der Waals surface area contributed by atoms with Gasteiger partial charge >= 0.3 is 0 Å². The van der Waals surface area contributed by atoms with Crippen molar-refractivity contribution in [3.63, 3.8) is 0 Å². The molecule has 2 rings (SSSR count). The summed E-state index contributed by atoms with van der Waals surface area (Å²) in [4.78, 5) is 9.18. The van der Waals surface area contributed by atoms with Crippen LogP contribution >= 0.6 is 0 Å². The molecule has 1 saturated heterocycles. The van der Waals surface area contributed by atoms with Crippen LogP contribution in [-0.2, 0) is 14.3 Å². The quantitative estimate of drug-likeness (QED) is 0.684. The standard InChI is InChI=1S/C7H11NO.C3H6O2/c1-8-6-4-5-2-3-7(6)9-5;1-2-5-3-4/h4-5,7-8H,2-3H2,1H3;3H,2H2,1H3. The molecule has 0 spiro atoms. The Morgan fingerprint density at radius 1 is 1.71 bits per heavy atom. The average molecular weight is 199 g/mol. The molecule has 2 atom stereocenters. The second kappa shape index (κ2) is 5.65. The second-order valence-electron chi connectivity index (χ2n) is 3.16. The largest absolute Gasteiger partial charge is 0.468 e. The summed E-state index contributed by atoms with van der Waals surface area (Å²) in [5, 5.41) is 3.13. The van der Waals surface area contributed by atoms with Crippen LogP contribution in [0.2, 0.25) is 0 Å². The van der Waals surface area contributed by atoms with E-state index < -0.39 is 0 Å². The van der Waals surface area contributed by atoms with Gasteiger partial charge in [-0.05, 0) is 25.8 Å². The Morgan fingerprint density at radius 2 is 2.50 bits per heavy atom. The summed E-state index contributed by atoms with van der Waals surface area (Å²) < 4.78 is 9.67. The summed E-state index contributed by atoms with van der Waals surface area (Å²) in [7, 11) is 1.95. The van der Waals surface area contributed by atoms with Gasteiger partial charge in [0.1, 0.15) is 0 Å². The minimum Gasteiger partial charge on any atom is -0.468 e. The monoisotopic (exact) mass is 199 g/mol. The van der Waals surface area contributed by atoms with Crippen LogP contribution in [0.3, 0.4) is 0 Å². The van der Waals surface area contributed by atoms with E-state index in [1.807, 2.05) is 7.05 Å². The van der Waals surface area contributed by atoms with E-state index >= 15 is 0 Å². The van der Waals surface area contributed by atoms with E-state index in [1.54, 1.807) is 6.92 Å². The van der Waals surface area contributed by atoms with Crippen molar-refractivity contribution < 1.29 is 14.3 Å². The van der Waals surface area contributed by atoms with E-state index in [2.05, 4.69) is 16.1 Å². The Kier molecular flexibility index (Phi) is 4.46. The molecule has 2 aliphatic heterocycles. The molecule has 0 radical (unpaired) electrons. The fraction of sp³-hybridized carbons (Fsp3) is 0.700. The van der Waals surface area contributed by atoms with Gasteiger partial charge in [-0.1, -0.05) is 0 Å². The average Bonchev–Trinajstić information content (AvgIpc) is 2.80. The first-order valence-electron chi connectivity index (χ1n) is 4.92. The SMILES string of the molecule is CCOC=O.CNC1=CC2CCC1O2. The molecular formula is C10H17NO3. The zero-order valence-electron chi connectivity index (χ0n) is 8.66. The summed E-state index contributed by atoms with van der Waals surface area (Å²) in [6.45, 7) is 2.66. The zero-order valence-corrected chi connectivity index (χ0v) is 8.66. The molecule has 2 aliphatic rings. The summed E-state index contributed by atoms with van der Waals surface area (Å²) in [5.41, 5.74) is 1.28. The van der Waals surface area contributed by atoms with Gasteiger partial charge in [-0.25, -0.2) is 0 Å².